The molecule has 0 saturated carbocycles. The molecule has 1 heteroatoms. The Balaban J connectivity index is 3.17. The molecule has 0 spiro atoms. The maximum absolute atomic E-state index is 2.47. The van der Waals surface area contributed by atoms with E-state index in [-0.39, 0.29) is 0 Å². The topological polar surface area (TPSA) is 0 Å². The number of hydrogen-bond acceptors (Lipinski definition) is 0. The molecule has 0 aliphatic heterocycles. The van der Waals surface area contributed by atoms with Crippen LogP contribution < -0.4 is 0 Å². The van der Waals surface area contributed by atoms with Gasteiger partial charge in [-0.25, -0.2) is 0 Å². The average Bonchev–Trinajstić information content (AvgIpc) is 1.35. The molecule has 0 aliphatic carbocycles. The normalized spacial score (nSPS) is 12.0. The molecule has 6 heavy (non-hydrogen) atoms. The van der Waals surface area contributed by atoms with Crippen LogP contribution in [0, 0.1) is 0 Å². The van der Waals surface area contributed by atoms with Gasteiger partial charge in [0.1, 0.15) is 0 Å². The van der Waals surface area contributed by atoms with Crippen molar-refractivity contribution in [1.82, 2.24) is 0 Å². The third-order valence-corrected chi connectivity index (χ3v) is 9.31. The molecule has 0 radical (unpaired) electrons. The van der Waals surface area contributed by atoms with Crippen LogP contribution in [0.4, 0.5) is 0 Å². The van der Waals surface area contributed by atoms with E-state index >= 15 is 0 Å². The van der Waals surface area contributed by atoms with Crippen LogP contribution in [0.25, 0.3) is 0 Å². The van der Waals surface area contributed by atoms with Crippen molar-refractivity contribution in [2.75, 3.05) is 0 Å². The summed E-state index contributed by atoms with van der Waals surface area (Å²) in [5.41, 5.74) is 0. The van der Waals surface area contributed by atoms with Crippen LogP contribution in [0.3, 0.4) is 0 Å². The zero-order valence-corrected chi connectivity index (χ0v) is 9.09. The number of hydrogen-bond donors (Lipinski definition) is 0. The molecule has 0 heterocycles. The molecule has 0 bridgehead atoms. The summed E-state index contributed by atoms with van der Waals surface area (Å²) in [5, 5.41) is 0. The van der Waals surface area contributed by atoms with Gasteiger partial charge in [0.15, 0.2) is 0 Å². The Labute approximate surface area is 45.6 Å². The molecule has 0 amide bonds. The molecule has 0 aromatic carbocycles. The van der Waals surface area contributed by atoms with E-state index in [0.29, 0.717) is 0 Å². The average molecular weight is 281 g/mol. The zero-order chi connectivity index (χ0) is 5.21. The minimum absolute atomic E-state index is 1.33. The van der Waals surface area contributed by atoms with E-state index < -0.39 is 21.2 Å². The van der Waals surface area contributed by atoms with Gasteiger partial charge in [-0.2, -0.15) is 0 Å². The Morgan fingerprint density at radius 3 is 1.33 bits per heavy atom. The molecule has 0 saturated heterocycles. The van der Waals surface area contributed by atoms with Gasteiger partial charge < -0.3 is 0 Å². The van der Waals surface area contributed by atoms with Gasteiger partial charge in [0.25, 0.3) is 0 Å². The Morgan fingerprint density at radius 1 is 1.17 bits per heavy atom. The quantitative estimate of drug-likeness (QED) is 0.647. The second-order valence-corrected chi connectivity index (χ2v) is 25.6. The van der Waals surface area contributed by atoms with Crippen molar-refractivity contribution in [3.8, 4) is 0 Å². The first-order valence-corrected chi connectivity index (χ1v) is 17.0. The number of rotatable bonds is 1. The summed E-state index contributed by atoms with van der Waals surface area (Å²) in [7, 11) is 0. The van der Waals surface area contributed by atoms with Crippen molar-refractivity contribution in [3.63, 3.8) is 0 Å². The fraction of sp³-hybridized carbons (Fsp3) is 1.00. The Hall–Kier alpha value is 0.922. The van der Waals surface area contributed by atoms with Gasteiger partial charge in [0, 0.05) is 0 Å². The van der Waals surface area contributed by atoms with Crippen LogP contribution in [0.15, 0.2) is 0 Å². The molecule has 0 aromatic heterocycles. The zero-order valence-electron chi connectivity index (χ0n) is 5.21. The van der Waals surface area contributed by atoms with E-state index in [1.54, 1.807) is 0 Å². The van der Waals surface area contributed by atoms with Gasteiger partial charge in [-0.05, 0) is 0 Å². The second-order valence-electron chi connectivity index (χ2n) is 2.91. The first-order valence-electron chi connectivity index (χ1n) is 2.56. The monoisotopic (exact) mass is 282 g/mol. The van der Waals surface area contributed by atoms with Crippen LogP contribution in [-0.2, 0) is 0 Å². The van der Waals surface area contributed by atoms with Crippen LogP contribution in [-0.4, -0.2) is 21.2 Å². The molecular weight excluding hydrogens is 267 g/mol. The van der Waals surface area contributed by atoms with Crippen molar-refractivity contribution in [2.45, 2.75) is 24.4 Å². The molecule has 0 N–H and O–H groups in total. The molecule has 0 aliphatic rings. The van der Waals surface area contributed by atoms with Crippen molar-refractivity contribution in [2.24, 2.45) is 0 Å². The fourth-order valence-electron chi connectivity index (χ4n) is 0. The Bertz CT molecular complexity index is 33.7. The van der Waals surface area contributed by atoms with Gasteiger partial charge in [0.05, 0.1) is 0 Å². The summed E-state index contributed by atoms with van der Waals surface area (Å²) in [6.07, 6.45) is 0. The third-order valence-electron chi connectivity index (χ3n) is 1.06. The SMILES string of the molecule is C[CH2][Pb]([CH3])([CH3])[CH3]. The maximum atomic E-state index is 2.47. The first kappa shape index (κ1) is 6.92. The molecule has 0 fully saturated rings. The predicted octanol–water partition coefficient (Wildman–Crippen LogP) is 2.34. The summed E-state index contributed by atoms with van der Waals surface area (Å²) in [6, 6.07) is 0. The van der Waals surface area contributed by atoms with E-state index in [1.807, 2.05) is 0 Å². The first-order chi connectivity index (χ1) is 2.56. The van der Waals surface area contributed by atoms with Crippen molar-refractivity contribution < 1.29 is 0 Å². The van der Waals surface area contributed by atoms with Crippen molar-refractivity contribution in [3.05, 3.63) is 0 Å². The molecule has 0 rings (SSSR count). The van der Waals surface area contributed by atoms with Crippen molar-refractivity contribution in [1.29, 1.82) is 0 Å². The third kappa shape index (κ3) is 4.92. The van der Waals surface area contributed by atoms with Crippen LogP contribution in [0.1, 0.15) is 6.92 Å². The van der Waals surface area contributed by atoms with E-state index in [9.17, 15) is 0 Å². The fourth-order valence-corrected chi connectivity index (χ4v) is 0. The van der Waals surface area contributed by atoms with E-state index in [2.05, 4.69) is 20.4 Å². The van der Waals surface area contributed by atoms with E-state index in [4.69, 9.17) is 0 Å². The Kier molecular flexibility index (Phi) is 2.64. The van der Waals surface area contributed by atoms with E-state index in [0.717, 1.165) is 0 Å². The summed E-state index contributed by atoms with van der Waals surface area (Å²) in [6.45, 7) is 2.31. The standard InChI is InChI=1S/C2H5.3CH3.Pb/c1-2;;;;/h1H2,2H3;3*1H3;. The van der Waals surface area contributed by atoms with E-state index in [1.165, 1.54) is 3.98 Å². The molecule has 0 nitrogen and oxygen atoms in total. The van der Waals surface area contributed by atoms with Crippen molar-refractivity contribution >= 4 is 21.2 Å². The van der Waals surface area contributed by atoms with Crippen LogP contribution in [0.2, 0.25) is 17.4 Å². The summed E-state index contributed by atoms with van der Waals surface area (Å²) in [5.74, 6) is 0. The molecule has 38 valence electrons. The summed E-state index contributed by atoms with van der Waals surface area (Å²) >= 11 is -1.33. The molecule has 0 atom stereocenters. The predicted molar refractivity (Wildman–Crippen MR) is 33.8 cm³/mol. The van der Waals surface area contributed by atoms with Gasteiger partial charge in [0.2, 0.25) is 0 Å². The van der Waals surface area contributed by atoms with Crippen LogP contribution in [0.5, 0.6) is 0 Å². The van der Waals surface area contributed by atoms with Gasteiger partial charge in [-0.15, -0.1) is 0 Å². The second kappa shape index (κ2) is 2.29. The summed E-state index contributed by atoms with van der Waals surface area (Å²) < 4.78 is 8.89. The van der Waals surface area contributed by atoms with Gasteiger partial charge in [-0.1, -0.05) is 0 Å². The van der Waals surface area contributed by atoms with Gasteiger partial charge >= 0.3 is 45.5 Å². The van der Waals surface area contributed by atoms with Crippen LogP contribution >= 0.6 is 0 Å². The molecule has 0 unspecified atom stereocenters. The Morgan fingerprint density at radius 2 is 1.33 bits per heavy atom. The minimum atomic E-state index is -1.33. The summed E-state index contributed by atoms with van der Waals surface area (Å²) in [4.78, 5) is 0. The molecule has 0 aromatic rings. The van der Waals surface area contributed by atoms with Gasteiger partial charge in [-0.3, -0.25) is 0 Å². The molecular formula is C5H14Pb.